The highest BCUT2D eigenvalue weighted by molar-refractivity contribution is 5.82. The highest BCUT2D eigenvalue weighted by Gasteiger charge is 2.31. The van der Waals surface area contributed by atoms with Gasteiger partial charge in [-0.25, -0.2) is 0 Å². The molecule has 8 heteroatoms. The fourth-order valence-corrected chi connectivity index (χ4v) is 5.08. The first-order valence-electron chi connectivity index (χ1n) is 13.8. The molecule has 0 saturated carbocycles. The molecule has 1 aromatic heterocycles. The summed E-state index contributed by atoms with van der Waals surface area (Å²) in [5.41, 5.74) is 4.46. The van der Waals surface area contributed by atoms with Gasteiger partial charge in [-0.05, 0) is 47.6 Å². The zero-order valence-electron chi connectivity index (χ0n) is 24.3. The summed E-state index contributed by atoms with van der Waals surface area (Å²) in [5.74, 6) is 0.411. The molecule has 41 heavy (non-hydrogen) atoms. The topological polar surface area (TPSA) is 109 Å². The number of aliphatic carboxylic acids is 1. The molecule has 1 aliphatic rings. The number of H-pyrrole nitrogens is 1. The van der Waals surface area contributed by atoms with Crippen molar-refractivity contribution in [1.29, 1.82) is 0 Å². The number of aromatic amines is 1. The second kappa shape index (κ2) is 12.5. The molecule has 1 saturated heterocycles. The maximum absolute atomic E-state index is 13.1. The zero-order chi connectivity index (χ0) is 29.7. The summed E-state index contributed by atoms with van der Waals surface area (Å²) in [6.07, 6.45) is 3.14. The summed E-state index contributed by atoms with van der Waals surface area (Å²) < 4.78 is 10.9. The molecule has 0 radical (unpaired) electrons. The molecule has 2 aromatic carbocycles. The fraction of sp³-hybridized carbons (Fsp3) is 0.364. The minimum Gasteiger partial charge on any atom is -0.497 e. The molecule has 3 aromatic rings. The summed E-state index contributed by atoms with van der Waals surface area (Å²) >= 11 is 0. The van der Waals surface area contributed by atoms with Gasteiger partial charge in [0.1, 0.15) is 11.5 Å². The predicted molar refractivity (Wildman–Crippen MR) is 158 cm³/mol. The van der Waals surface area contributed by atoms with Gasteiger partial charge in [-0.15, -0.1) is 0 Å². The molecule has 0 unspecified atom stereocenters. The van der Waals surface area contributed by atoms with E-state index < -0.39 is 5.97 Å². The predicted octanol–water partition coefficient (Wildman–Crippen LogP) is 5.33. The number of nitrogens with zero attached hydrogens (tertiary/aromatic N) is 1. The van der Waals surface area contributed by atoms with E-state index in [-0.39, 0.29) is 35.8 Å². The number of hydrogen-bond acceptors (Lipinski definition) is 5. The van der Waals surface area contributed by atoms with Crippen molar-refractivity contribution < 1.29 is 24.2 Å². The summed E-state index contributed by atoms with van der Waals surface area (Å²) in [6.45, 7) is 6.83. The summed E-state index contributed by atoms with van der Waals surface area (Å²) in [4.78, 5) is 41.8. The minimum atomic E-state index is -0.951. The zero-order valence-corrected chi connectivity index (χ0v) is 24.3. The third kappa shape index (κ3) is 7.06. The molecule has 0 aliphatic carbocycles. The van der Waals surface area contributed by atoms with Crippen molar-refractivity contribution in [2.24, 2.45) is 0 Å². The van der Waals surface area contributed by atoms with Crippen LogP contribution in [0.1, 0.15) is 68.0 Å². The lowest BCUT2D eigenvalue weighted by Gasteiger charge is -2.25. The lowest BCUT2D eigenvalue weighted by atomic mass is 9.86. The fourth-order valence-electron chi connectivity index (χ4n) is 5.08. The quantitative estimate of drug-likeness (QED) is 0.348. The first-order valence-corrected chi connectivity index (χ1v) is 13.8. The van der Waals surface area contributed by atoms with Crippen LogP contribution in [0.3, 0.4) is 0 Å². The summed E-state index contributed by atoms with van der Waals surface area (Å²) in [6, 6.07) is 17.1. The van der Waals surface area contributed by atoms with Crippen molar-refractivity contribution in [2.45, 2.75) is 64.5 Å². The van der Waals surface area contributed by atoms with E-state index in [2.05, 4.69) is 44.0 Å². The first kappa shape index (κ1) is 29.6. The molecule has 2 N–H and O–H groups in total. The van der Waals surface area contributed by atoms with Crippen LogP contribution < -0.4 is 15.0 Å². The largest absolute Gasteiger partial charge is 0.497 e. The number of carboxylic acid groups (broad SMARTS) is 1. The Morgan fingerprint density at radius 3 is 2.34 bits per heavy atom. The number of carbonyl (C=O) groups excluding carboxylic acids is 1. The number of amides is 1. The van der Waals surface area contributed by atoms with Crippen LogP contribution in [-0.2, 0) is 28.0 Å². The number of nitrogens with one attached hydrogen (secondary N) is 1. The molecular weight excluding hydrogens is 520 g/mol. The Kier molecular flexibility index (Phi) is 9.01. The number of carbonyl (C=O) groups is 2. The van der Waals surface area contributed by atoms with Crippen LogP contribution in [0, 0.1) is 0 Å². The lowest BCUT2D eigenvalue weighted by molar-refractivity contribution is -0.137. The Morgan fingerprint density at radius 1 is 1.02 bits per heavy atom. The number of likely N-dealkylation sites (tertiary alicyclic amines) is 1. The summed E-state index contributed by atoms with van der Waals surface area (Å²) in [7, 11) is 3.19. The molecule has 1 fully saturated rings. The number of hydrogen-bond donors (Lipinski definition) is 2. The first-order chi connectivity index (χ1) is 19.5. The lowest BCUT2D eigenvalue weighted by Crippen LogP contribution is -2.31. The van der Waals surface area contributed by atoms with Gasteiger partial charge in [-0.1, -0.05) is 57.2 Å². The van der Waals surface area contributed by atoms with E-state index in [1.54, 1.807) is 26.4 Å². The monoisotopic (exact) mass is 558 g/mol. The van der Waals surface area contributed by atoms with Crippen molar-refractivity contribution in [3.8, 4) is 11.5 Å². The van der Waals surface area contributed by atoms with Gasteiger partial charge in [0.15, 0.2) is 0 Å². The number of pyridine rings is 1. The van der Waals surface area contributed by atoms with Crippen LogP contribution in [0.15, 0.2) is 65.5 Å². The van der Waals surface area contributed by atoms with Crippen molar-refractivity contribution in [2.75, 3.05) is 14.2 Å². The van der Waals surface area contributed by atoms with Gasteiger partial charge in [-0.2, -0.15) is 0 Å². The molecule has 1 aliphatic heterocycles. The van der Waals surface area contributed by atoms with E-state index in [1.807, 2.05) is 35.2 Å². The van der Waals surface area contributed by atoms with Gasteiger partial charge in [0, 0.05) is 47.8 Å². The van der Waals surface area contributed by atoms with Crippen molar-refractivity contribution in [3.63, 3.8) is 0 Å². The van der Waals surface area contributed by atoms with E-state index in [4.69, 9.17) is 14.6 Å². The van der Waals surface area contributed by atoms with Crippen LogP contribution in [0.5, 0.6) is 11.5 Å². The number of benzene rings is 2. The van der Waals surface area contributed by atoms with Crippen molar-refractivity contribution >= 4 is 17.4 Å². The second-order valence-electron chi connectivity index (χ2n) is 11.3. The highest BCUT2D eigenvalue weighted by atomic mass is 16.5. The SMILES string of the molecule is COc1ccc(CN2C(=O)CC[C@@H]2C=C(c2ccc(C(C)(C)C)cc2)c2ccc(CCC(=O)O)c(=O)[nH]2)c(OC)c1. The third-order valence-corrected chi connectivity index (χ3v) is 7.52. The Bertz CT molecular complexity index is 1500. The van der Waals surface area contributed by atoms with E-state index >= 15 is 0 Å². The Morgan fingerprint density at radius 2 is 1.73 bits per heavy atom. The molecule has 0 bridgehead atoms. The maximum Gasteiger partial charge on any atom is 0.303 e. The number of aryl methyl sites for hydroxylation is 1. The average Bonchev–Trinajstić information content (AvgIpc) is 3.29. The van der Waals surface area contributed by atoms with Gasteiger partial charge < -0.3 is 24.5 Å². The Labute approximate surface area is 240 Å². The molecule has 1 amide bonds. The standard InChI is InChI=1S/C33H38N2O6/c1-33(2,3)24-11-6-21(7-12-24)27(28-15-9-22(32(39)34-28)10-17-31(37)38)18-25-13-16-30(36)35(25)20-23-8-14-26(40-4)19-29(23)41-5/h6-9,11-12,14-15,18-19,25H,10,13,16-17,20H2,1-5H3,(H,34,39)(H,37,38)/t25-/m1/s1. The molecular formula is C33H38N2O6. The average molecular weight is 559 g/mol. The van der Waals surface area contributed by atoms with Crippen LogP contribution in [0.25, 0.3) is 5.57 Å². The number of rotatable bonds is 10. The molecule has 216 valence electrons. The van der Waals surface area contributed by atoms with Crippen LogP contribution in [-0.4, -0.2) is 47.1 Å². The van der Waals surface area contributed by atoms with Crippen LogP contribution in [0.4, 0.5) is 0 Å². The van der Waals surface area contributed by atoms with Gasteiger partial charge in [0.2, 0.25) is 5.91 Å². The van der Waals surface area contributed by atoms with E-state index in [0.29, 0.717) is 42.1 Å². The van der Waals surface area contributed by atoms with Gasteiger partial charge in [0.25, 0.3) is 5.56 Å². The third-order valence-electron chi connectivity index (χ3n) is 7.52. The normalized spacial score (nSPS) is 15.7. The number of aromatic nitrogens is 1. The molecule has 1 atom stereocenters. The van der Waals surface area contributed by atoms with Gasteiger partial charge in [-0.3, -0.25) is 14.4 Å². The number of carboxylic acids is 1. The Hall–Kier alpha value is -4.33. The highest BCUT2D eigenvalue weighted by Crippen LogP contribution is 2.33. The summed E-state index contributed by atoms with van der Waals surface area (Å²) in [5, 5.41) is 9.04. The van der Waals surface area contributed by atoms with Crippen molar-refractivity contribution in [1.82, 2.24) is 9.88 Å². The molecule has 2 heterocycles. The molecule has 0 spiro atoms. The number of methoxy groups -OCH3 is 2. The smallest absolute Gasteiger partial charge is 0.303 e. The minimum absolute atomic E-state index is 0.0192. The Balaban J connectivity index is 1.74. The van der Waals surface area contributed by atoms with Gasteiger partial charge >= 0.3 is 5.97 Å². The van der Waals surface area contributed by atoms with E-state index in [1.165, 1.54) is 5.56 Å². The number of ether oxygens (including phenoxy) is 2. The molecule has 8 nitrogen and oxygen atoms in total. The second-order valence-corrected chi connectivity index (χ2v) is 11.3. The van der Waals surface area contributed by atoms with Gasteiger partial charge in [0.05, 0.1) is 20.3 Å². The van der Waals surface area contributed by atoms with E-state index in [9.17, 15) is 14.4 Å². The van der Waals surface area contributed by atoms with E-state index in [0.717, 1.165) is 16.7 Å². The maximum atomic E-state index is 13.1. The molecule has 4 rings (SSSR count). The van der Waals surface area contributed by atoms with Crippen LogP contribution >= 0.6 is 0 Å². The van der Waals surface area contributed by atoms with Crippen LogP contribution in [0.2, 0.25) is 0 Å². The van der Waals surface area contributed by atoms with Crippen molar-refractivity contribution in [3.05, 3.63) is 99.0 Å².